The number of fused-ring (bicyclic) bond motifs is 1. The lowest BCUT2D eigenvalue weighted by molar-refractivity contribution is -0.383. The van der Waals surface area contributed by atoms with Crippen molar-refractivity contribution in [2.24, 2.45) is 0 Å². The van der Waals surface area contributed by atoms with E-state index in [1.807, 2.05) is 0 Å². The number of rotatable bonds is 2. The van der Waals surface area contributed by atoms with Gasteiger partial charge in [-0.1, -0.05) is 6.07 Å². The summed E-state index contributed by atoms with van der Waals surface area (Å²) in [5.41, 5.74) is 0.162. The SMILES string of the molecule is CC(=O)c1nc2cccc([N+](=O)[O-])c2o1. The summed E-state index contributed by atoms with van der Waals surface area (Å²) in [5, 5.41) is 10.6. The van der Waals surface area contributed by atoms with Crippen molar-refractivity contribution in [1.82, 2.24) is 4.98 Å². The van der Waals surface area contributed by atoms with Crippen LogP contribution in [-0.4, -0.2) is 15.7 Å². The molecule has 0 aliphatic rings. The number of benzene rings is 1. The third kappa shape index (κ3) is 1.45. The Morgan fingerprint density at radius 3 is 2.87 bits per heavy atom. The van der Waals surface area contributed by atoms with Gasteiger partial charge in [0.25, 0.3) is 5.89 Å². The zero-order valence-electron chi connectivity index (χ0n) is 7.76. The van der Waals surface area contributed by atoms with E-state index in [0.717, 1.165) is 0 Å². The summed E-state index contributed by atoms with van der Waals surface area (Å²) in [7, 11) is 0. The van der Waals surface area contributed by atoms with Gasteiger partial charge in [-0.15, -0.1) is 0 Å². The monoisotopic (exact) mass is 206 g/mol. The molecular weight excluding hydrogens is 200 g/mol. The van der Waals surface area contributed by atoms with Crippen LogP contribution in [0.2, 0.25) is 0 Å². The number of nitrogens with zero attached hydrogens (tertiary/aromatic N) is 2. The van der Waals surface area contributed by atoms with Crippen molar-refractivity contribution >= 4 is 22.6 Å². The molecule has 0 atom stereocenters. The number of carbonyl (C=O) groups excluding carboxylic acids is 1. The van der Waals surface area contributed by atoms with E-state index in [4.69, 9.17) is 4.42 Å². The molecule has 0 aliphatic heterocycles. The third-order valence-corrected chi connectivity index (χ3v) is 1.89. The van der Waals surface area contributed by atoms with E-state index in [2.05, 4.69) is 4.98 Å². The van der Waals surface area contributed by atoms with Gasteiger partial charge in [0.15, 0.2) is 0 Å². The molecule has 0 saturated heterocycles. The van der Waals surface area contributed by atoms with Crippen molar-refractivity contribution in [2.45, 2.75) is 6.92 Å². The van der Waals surface area contributed by atoms with Crippen molar-refractivity contribution in [3.8, 4) is 0 Å². The standard InChI is InChI=1S/C9H6N2O4/c1-5(12)9-10-6-3-2-4-7(11(13)14)8(6)15-9/h2-4H,1H3. The minimum Gasteiger partial charge on any atom is -0.426 e. The maximum absolute atomic E-state index is 11.0. The Morgan fingerprint density at radius 2 is 2.27 bits per heavy atom. The fourth-order valence-electron chi connectivity index (χ4n) is 1.23. The third-order valence-electron chi connectivity index (χ3n) is 1.89. The molecule has 6 heteroatoms. The highest BCUT2D eigenvalue weighted by Gasteiger charge is 2.18. The van der Waals surface area contributed by atoms with Crippen LogP contribution in [-0.2, 0) is 0 Å². The van der Waals surface area contributed by atoms with Gasteiger partial charge in [0.05, 0.1) is 4.92 Å². The average Bonchev–Trinajstić information content (AvgIpc) is 2.60. The highest BCUT2D eigenvalue weighted by atomic mass is 16.6. The van der Waals surface area contributed by atoms with Crippen LogP contribution in [0.3, 0.4) is 0 Å². The quantitative estimate of drug-likeness (QED) is 0.425. The van der Waals surface area contributed by atoms with Crippen molar-refractivity contribution in [3.05, 3.63) is 34.2 Å². The molecule has 6 nitrogen and oxygen atoms in total. The predicted molar refractivity (Wildman–Crippen MR) is 50.7 cm³/mol. The highest BCUT2D eigenvalue weighted by Crippen LogP contribution is 2.25. The second kappa shape index (κ2) is 3.16. The van der Waals surface area contributed by atoms with Gasteiger partial charge >= 0.3 is 5.69 Å². The lowest BCUT2D eigenvalue weighted by Gasteiger charge is -1.89. The molecule has 0 fully saturated rings. The number of hydrogen-bond donors (Lipinski definition) is 0. The summed E-state index contributed by atoms with van der Waals surface area (Å²) in [6.07, 6.45) is 0. The van der Waals surface area contributed by atoms with Gasteiger partial charge < -0.3 is 4.42 Å². The van der Waals surface area contributed by atoms with E-state index in [1.165, 1.54) is 19.1 Å². The number of nitro groups is 1. The second-order valence-corrected chi connectivity index (χ2v) is 2.96. The summed E-state index contributed by atoms with van der Waals surface area (Å²) in [6.45, 7) is 1.29. The minimum atomic E-state index is -0.572. The van der Waals surface area contributed by atoms with E-state index < -0.39 is 4.92 Å². The van der Waals surface area contributed by atoms with Crippen LogP contribution in [0.1, 0.15) is 17.6 Å². The summed E-state index contributed by atoms with van der Waals surface area (Å²) >= 11 is 0. The second-order valence-electron chi connectivity index (χ2n) is 2.96. The van der Waals surface area contributed by atoms with Gasteiger partial charge in [-0.3, -0.25) is 14.9 Å². The summed E-state index contributed by atoms with van der Waals surface area (Å²) < 4.78 is 5.02. The van der Waals surface area contributed by atoms with Crippen LogP contribution in [0.25, 0.3) is 11.1 Å². The van der Waals surface area contributed by atoms with Crippen LogP contribution in [0.5, 0.6) is 0 Å². The van der Waals surface area contributed by atoms with Gasteiger partial charge in [0, 0.05) is 13.0 Å². The van der Waals surface area contributed by atoms with Crippen LogP contribution in [0.4, 0.5) is 5.69 Å². The van der Waals surface area contributed by atoms with E-state index >= 15 is 0 Å². The first-order valence-corrected chi connectivity index (χ1v) is 4.14. The number of nitro benzene ring substituents is 1. The summed E-state index contributed by atoms with van der Waals surface area (Å²) in [5.74, 6) is -0.472. The smallest absolute Gasteiger partial charge is 0.313 e. The number of hydrogen-bond acceptors (Lipinski definition) is 5. The Labute approximate surface area is 83.7 Å². The number of oxazole rings is 1. The molecular formula is C9H6N2O4. The Balaban J connectivity index is 2.75. The van der Waals surface area contributed by atoms with Crippen LogP contribution >= 0.6 is 0 Å². The number of non-ortho nitro benzene ring substituents is 1. The molecule has 0 radical (unpaired) electrons. The molecule has 1 heterocycles. The lowest BCUT2D eigenvalue weighted by Crippen LogP contribution is -1.89. The number of aromatic nitrogens is 1. The maximum atomic E-state index is 11.0. The molecule has 0 bridgehead atoms. The maximum Gasteiger partial charge on any atom is 0.313 e. The van der Waals surface area contributed by atoms with E-state index in [9.17, 15) is 14.9 Å². The number of ketones is 1. The molecule has 0 aliphatic carbocycles. The summed E-state index contributed by atoms with van der Waals surface area (Å²) in [4.78, 5) is 24.9. The first-order valence-electron chi connectivity index (χ1n) is 4.14. The number of carbonyl (C=O) groups is 1. The average molecular weight is 206 g/mol. The van der Waals surface area contributed by atoms with E-state index in [0.29, 0.717) is 5.52 Å². The first-order chi connectivity index (χ1) is 7.09. The molecule has 2 aromatic rings. The zero-order valence-corrected chi connectivity index (χ0v) is 7.76. The van der Waals surface area contributed by atoms with Crippen LogP contribution in [0, 0.1) is 10.1 Å². The largest absolute Gasteiger partial charge is 0.426 e. The van der Waals surface area contributed by atoms with Crippen LogP contribution < -0.4 is 0 Å². The Bertz CT molecular complexity index is 558. The number of para-hydroxylation sites is 1. The number of Topliss-reactive ketones (excluding diaryl/α,β-unsaturated/α-hetero) is 1. The topological polar surface area (TPSA) is 86.2 Å². The van der Waals surface area contributed by atoms with Crippen molar-refractivity contribution < 1.29 is 14.1 Å². The fraction of sp³-hybridized carbons (Fsp3) is 0.111. The molecule has 1 aromatic heterocycles. The van der Waals surface area contributed by atoms with Gasteiger partial charge in [0.1, 0.15) is 5.52 Å². The Hall–Kier alpha value is -2.24. The van der Waals surface area contributed by atoms with Gasteiger partial charge in [-0.05, 0) is 6.07 Å². The first kappa shape index (κ1) is 9.32. The normalized spacial score (nSPS) is 10.5. The van der Waals surface area contributed by atoms with Crippen molar-refractivity contribution in [2.75, 3.05) is 0 Å². The Morgan fingerprint density at radius 1 is 1.53 bits per heavy atom. The minimum absolute atomic E-state index is 0.0349. The molecule has 2 rings (SSSR count). The van der Waals surface area contributed by atoms with Crippen molar-refractivity contribution in [3.63, 3.8) is 0 Å². The molecule has 0 spiro atoms. The van der Waals surface area contributed by atoms with Crippen LogP contribution in [0.15, 0.2) is 22.6 Å². The molecule has 0 amide bonds. The molecule has 76 valence electrons. The van der Waals surface area contributed by atoms with E-state index in [-0.39, 0.29) is 22.9 Å². The lowest BCUT2D eigenvalue weighted by atomic mass is 10.3. The molecule has 0 saturated carbocycles. The molecule has 0 N–H and O–H groups in total. The summed E-state index contributed by atoms with van der Waals surface area (Å²) in [6, 6.07) is 4.35. The van der Waals surface area contributed by atoms with Crippen molar-refractivity contribution in [1.29, 1.82) is 0 Å². The zero-order chi connectivity index (χ0) is 11.0. The van der Waals surface area contributed by atoms with E-state index in [1.54, 1.807) is 6.07 Å². The van der Waals surface area contributed by atoms with Gasteiger partial charge in [-0.25, -0.2) is 4.98 Å². The molecule has 1 aromatic carbocycles. The Kier molecular flexibility index (Phi) is 1.96. The van der Waals surface area contributed by atoms with Gasteiger partial charge in [0.2, 0.25) is 11.4 Å². The molecule has 15 heavy (non-hydrogen) atoms. The van der Waals surface area contributed by atoms with Gasteiger partial charge in [-0.2, -0.15) is 0 Å². The fourth-order valence-corrected chi connectivity index (χ4v) is 1.23. The predicted octanol–water partition coefficient (Wildman–Crippen LogP) is 1.94. The highest BCUT2D eigenvalue weighted by molar-refractivity contribution is 5.93. The molecule has 0 unspecified atom stereocenters.